The van der Waals surface area contributed by atoms with E-state index in [4.69, 9.17) is 28.4 Å². The van der Waals surface area contributed by atoms with E-state index in [2.05, 4.69) is 78.5 Å². The standard InChI is InChI=1S/C39H46N2O6/c1-40-15-13-27-21-36(43-4)38(45-6)23-30(27)32(40)18-25-9-8-10-29(17-25)47-34-12-11-26(20-35(34)42-3)19-33-31-24-39(46-7)37(44-5)22-28(31)14-16-41(33)2/h8-12,17,20-24,32-33H,13-16,18-19H2,1-7H3/t32-,33-/m1/s1. The second kappa shape index (κ2) is 14.2. The van der Waals surface area contributed by atoms with Crippen LogP contribution in [0.2, 0.25) is 0 Å². The molecule has 0 aliphatic carbocycles. The van der Waals surface area contributed by atoms with E-state index in [0.29, 0.717) is 11.5 Å². The molecule has 0 bridgehead atoms. The molecule has 8 heteroatoms. The number of hydrogen-bond acceptors (Lipinski definition) is 8. The van der Waals surface area contributed by atoms with Gasteiger partial charge in [0.25, 0.3) is 0 Å². The minimum atomic E-state index is 0.204. The molecule has 47 heavy (non-hydrogen) atoms. The first kappa shape index (κ1) is 32.5. The Morgan fingerprint density at radius 1 is 0.532 bits per heavy atom. The van der Waals surface area contributed by atoms with E-state index in [-0.39, 0.29) is 12.1 Å². The summed E-state index contributed by atoms with van der Waals surface area (Å²) in [5.41, 5.74) is 7.54. The number of methoxy groups -OCH3 is 5. The number of benzene rings is 4. The zero-order valence-corrected chi connectivity index (χ0v) is 28.6. The van der Waals surface area contributed by atoms with E-state index < -0.39 is 0 Å². The van der Waals surface area contributed by atoms with Crippen LogP contribution in [0.15, 0.2) is 66.7 Å². The molecular formula is C39H46N2O6. The van der Waals surface area contributed by atoms with Crippen molar-refractivity contribution in [3.63, 3.8) is 0 Å². The van der Waals surface area contributed by atoms with Gasteiger partial charge in [-0.1, -0.05) is 18.2 Å². The highest BCUT2D eigenvalue weighted by Gasteiger charge is 2.29. The summed E-state index contributed by atoms with van der Waals surface area (Å²) in [5.74, 6) is 5.25. The average Bonchev–Trinajstić information content (AvgIpc) is 3.10. The number of rotatable bonds is 11. The molecule has 4 aromatic rings. The van der Waals surface area contributed by atoms with Crippen LogP contribution in [0.3, 0.4) is 0 Å². The normalized spacial score (nSPS) is 17.8. The lowest BCUT2D eigenvalue weighted by Gasteiger charge is -2.35. The highest BCUT2D eigenvalue weighted by atomic mass is 16.5. The minimum Gasteiger partial charge on any atom is -0.493 e. The second-order valence-electron chi connectivity index (χ2n) is 12.4. The Morgan fingerprint density at radius 3 is 1.51 bits per heavy atom. The van der Waals surface area contributed by atoms with Gasteiger partial charge in [0.15, 0.2) is 34.5 Å². The molecule has 0 N–H and O–H groups in total. The van der Waals surface area contributed by atoms with Crippen molar-refractivity contribution in [2.24, 2.45) is 0 Å². The molecule has 0 amide bonds. The van der Waals surface area contributed by atoms with Gasteiger partial charge in [0.05, 0.1) is 35.5 Å². The molecule has 2 aliphatic heterocycles. The smallest absolute Gasteiger partial charge is 0.169 e. The number of ether oxygens (including phenoxy) is 6. The number of fused-ring (bicyclic) bond motifs is 2. The van der Waals surface area contributed by atoms with E-state index in [1.165, 1.54) is 33.4 Å². The molecule has 4 aromatic carbocycles. The van der Waals surface area contributed by atoms with E-state index in [1.807, 2.05) is 12.1 Å². The van der Waals surface area contributed by atoms with Crippen LogP contribution in [-0.2, 0) is 25.7 Å². The van der Waals surface area contributed by atoms with Crippen LogP contribution in [0, 0.1) is 0 Å². The fourth-order valence-corrected chi connectivity index (χ4v) is 7.07. The SMILES string of the molecule is COc1cc2c(cc1OC)[C@@H](Cc1cccc(Oc3ccc(C[C@@H]4c5cc(OC)c(OC)cc5CCN4C)cc3OC)c1)N(C)CC2. The number of nitrogens with zero attached hydrogens (tertiary/aromatic N) is 2. The molecule has 6 rings (SSSR count). The van der Waals surface area contributed by atoms with Crippen molar-refractivity contribution in [3.8, 4) is 40.2 Å². The first-order valence-corrected chi connectivity index (χ1v) is 16.2. The van der Waals surface area contributed by atoms with Crippen LogP contribution in [0.4, 0.5) is 0 Å². The van der Waals surface area contributed by atoms with Gasteiger partial charge in [-0.25, -0.2) is 0 Å². The Morgan fingerprint density at radius 2 is 1.00 bits per heavy atom. The first-order chi connectivity index (χ1) is 22.8. The minimum absolute atomic E-state index is 0.204. The molecule has 2 heterocycles. The van der Waals surface area contributed by atoms with Crippen LogP contribution in [0.5, 0.6) is 40.2 Å². The van der Waals surface area contributed by atoms with Crippen LogP contribution >= 0.6 is 0 Å². The molecule has 0 aromatic heterocycles. The third kappa shape index (κ3) is 6.71. The van der Waals surface area contributed by atoms with Gasteiger partial charge in [-0.15, -0.1) is 0 Å². The average molecular weight is 639 g/mol. The molecule has 0 radical (unpaired) electrons. The molecule has 0 spiro atoms. The van der Waals surface area contributed by atoms with Gasteiger partial charge in [-0.05, 0) is 122 Å². The number of likely N-dealkylation sites (N-methyl/N-ethyl adjacent to an activating group) is 2. The number of hydrogen-bond donors (Lipinski definition) is 0. The van der Waals surface area contributed by atoms with Crippen molar-refractivity contribution in [1.29, 1.82) is 0 Å². The maximum Gasteiger partial charge on any atom is 0.169 e. The summed E-state index contributed by atoms with van der Waals surface area (Å²) in [5, 5.41) is 0. The van der Waals surface area contributed by atoms with E-state index in [1.54, 1.807) is 35.5 Å². The fraction of sp³-hybridized carbons (Fsp3) is 0.385. The Labute approximate surface area is 278 Å². The lowest BCUT2D eigenvalue weighted by atomic mass is 9.88. The zero-order valence-electron chi connectivity index (χ0n) is 28.6. The van der Waals surface area contributed by atoms with Gasteiger partial charge < -0.3 is 28.4 Å². The van der Waals surface area contributed by atoms with Gasteiger partial charge >= 0.3 is 0 Å². The van der Waals surface area contributed by atoms with E-state index >= 15 is 0 Å². The third-order valence-electron chi connectivity index (χ3n) is 9.75. The van der Waals surface area contributed by atoms with Crippen LogP contribution < -0.4 is 28.4 Å². The predicted molar refractivity (Wildman–Crippen MR) is 184 cm³/mol. The Hall–Kier alpha value is -4.40. The van der Waals surface area contributed by atoms with Crippen molar-refractivity contribution in [2.75, 3.05) is 62.7 Å². The zero-order chi connectivity index (χ0) is 33.1. The summed E-state index contributed by atoms with van der Waals surface area (Å²) in [6.07, 6.45) is 3.63. The molecule has 0 unspecified atom stereocenters. The topological polar surface area (TPSA) is 61.9 Å². The first-order valence-electron chi connectivity index (χ1n) is 16.2. The Balaban J connectivity index is 1.21. The third-order valence-corrected chi connectivity index (χ3v) is 9.75. The van der Waals surface area contributed by atoms with Crippen LogP contribution in [0.25, 0.3) is 0 Å². The molecule has 2 atom stereocenters. The monoisotopic (exact) mass is 638 g/mol. The molecule has 248 valence electrons. The highest BCUT2D eigenvalue weighted by Crippen LogP contribution is 2.42. The molecule has 2 aliphatic rings. The second-order valence-corrected chi connectivity index (χ2v) is 12.4. The van der Waals surface area contributed by atoms with Gasteiger partial charge in [0.2, 0.25) is 0 Å². The summed E-state index contributed by atoms with van der Waals surface area (Å²) in [7, 11) is 12.8. The van der Waals surface area contributed by atoms with Gasteiger partial charge in [-0.2, -0.15) is 0 Å². The lowest BCUT2D eigenvalue weighted by Crippen LogP contribution is -2.33. The van der Waals surface area contributed by atoms with Crippen molar-refractivity contribution < 1.29 is 28.4 Å². The van der Waals surface area contributed by atoms with Gasteiger partial charge in [0, 0.05) is 25.2 Å². The largest absolute Gasteiger partial charge is 0.493 e. The summed E-state index contributed by atoms with van der Waals surface area (Å²) in [6.45, 7) is 1.96. The van der Waals surface area contributed by atoms with Crippen molar-refractivity contribution in [3.05, 3.63) is 100 Å². The maximum atomic E-state index is 6.46. The molecule has 0 fully saturated rings. The lowest BCUT2D eigenvalue weighted by molar-refractivity contribution is 0.227. The summed E-state index contributed by atoms with van der Waals surface area (Å²) in [6, 6.07) is 23.5. The fourth-order valence-electron chi connectivity index (χ4n) is 7.07. The summed E-state index contributed by atoms with van der Waals surface area (Å²) in [4.78, 5) is 4.82. The quantitative estimate of drug-likeness (QED) is 0.173. The molecule has 8 nitrogen and oxygen atoms in total. The van der Waals surface area contributed by atoms with Crippen molar-refractivity contribution >= 4 is 0 Å². The van der Waals surface area contributed by atoms with Gasteiger partial charge in [-0.3, -0.25) is 9.80 Å². The van der Waals surface area contributed by atoms with Gasteiger partial charge in [0.1, 0.15) is 5.75 Å². The summed E-state index contributed by atoms with van der Waals surface area (Å²) < 4.78 is 34.7. The van der Waals surface area contributed by atoms with Crippen LogP contribution in [0.1, 0.15) is 45.5 Å². The van der Waals surface area contributed by atoms with Crippen LogP contribution in [-0.4, -0.2) is 72.5 Å². The van der Waals surface area contributed by atoms with E-state index in [9.17, 15) is 0 Å². The Kier molecular flexibility index (Phi) is 9.80. The van der Waals surface area contributed by atoms with Crippen molar-refractivity contribution in [1.82, 2.24) is 9.80 Å². The molecule has 0 saturated carbocycles. The molecule has 0 saturated heterocycles. The highest BCUT2D eigenvalue weighted by molar-refractivity contribution is 5.52. The Bertz CT molecular complexity index is 1720. The summed E-state index contributed by atoms with van der Waals surface area (Å²) >= 11 is 0. The molecular weight excluding hydrogens is 592 g/mol. The maximum absolute atomic E-state index is 6.46. The van der Waals surface area contributed by atoms with Crippen molar-refractivity contribution in [2.45, 2.75) is 37.8 Å². The predicted octanol–water partition coefficient (Wildman–Crippen LogP) is 7.07. The van der Waals surface area contributed by atoms with E-state index in [0.717, 1.165) is 67.5 Å².